The summed E-state index contributed by atoms with van der Waals surface area (Å²) in [4.78, 5) is 49.5. The van der Waals surface area contributed by atoms with Gasteiger partial charge in [-0.3, -0.25) is 0 Å². The summed E-state index contributed by atoms with van der Waals surface area (Å²) in [7, 11) is 0. The Bertz CT molecular complexity index is 572. The van der Waals surface area contributed by atoms with Crippen molar-refractivity contribution in [1.82, 2.24) is 15.0 Å². The van der Waals surface area contributed by atoms with E-state index >= 15 is 0 Å². The van der Waals surface area contributed by atoms with Gasteiger partial charge in [0.2, 0.25) is 0 Å². The SMILES string of the molecule is CCCCON(OCCCC)c1nc(N(OCCCC)OCCCC)nc(N(OCCCC)OCCCC)n1. The molecular formula is C27H54N6O6. The zero-order valence-corrected chi connectivity index (χ0v) is 25.4. The van der Waals surface area contributed by atoms with E-state index < -0.39 is 0 Å². The summed E-state index contributed by atoms with van der Waals surface area (Å²) in [5.74, 6) is 0.440. The van der Waals surface area contributed by atoms with Gasteiger partial charge in [-0.15, -0.1) is 0 Å². The monoisotopic (exact) mass is 558 g/mol. The molecule has 12 nitrogen and oxygen atoms in total. The van der Waals surface area contributed by atoms with E-state index in [1.54, 1.807) is 0 Å². The lowest BCUT2D eigenvalue weighted by atomic mass is 10.4. The van der Waals surface area contributed by atoms with E-state index in [1.807, 2.05) is 0 Å². The van der Waals surface area contributed by atoms with Gasteiger partial charge in [0, 0.05) is 0 Å². The van der Waals surface area contributed by atoms with Gasteiger partial charge < -0.3 is 0 Å². The van der Waals surface area contributed by atoms with Gasteiger partial charge in [-0.2, -0.15) is 15.0 Å². The molecule has 0 radical (unpaired) electrons. The van der Waals surface area contributed by atoms with Gasteiger partial charge in [-0.05, 0) is 38.5 Å². The van der Waals surface area contributed by atoms with Crippen LogP contribution in [0.3, 0.4) is 0 Å². The second-order valence-electron chi connectivity index (χ2n) is 9.13. The van der Waals surface area contributed by atoms with Crippen LogP contribution in [-0.4, -0.2) is 54.6 Å². The lowest BCUT2D eigenvalue weighted by molar-refractivity contribution is -0.103. The minimum Gasteiger partial charge on any atom is -0.246 e. The third-order valence-corrected chi connectivity index (χ3v) is 5.33. The maximum atomic E-state index is 5.94. The maximum Gasteiger partial charge on any atom is 0.284 e. The Morgan fingerprint density at radius 2 is 0.538 bits per heavy atom. The molecule has 0 aromatic carbocycles. The summed E-state index contributed by atoms with van der Waals surface area (Å²) in [5, 5.41) is 3.77. The van der Waals surface area contributed by atoms with E-state index in [4.69, 9.17) is 29.0 Å². The topological polar surface area (TPSA) is 104 Å². The average molecular weight is 559 g/mol. The summed E-state index contributed by atoms with van der Waals surface area (Å²) in [6.45, 7) is 15.3. The smallest absolute Gasteiger partial charge is 0.246 e. The van der Waals surface area contributed by atoms with E-state index in [0.29, 0.717) is 39.6 Å². The largest absolute Gasteiger partial charge is 0.284 e. The minimum absolute atomic E-state index is 0.147. The van der Waals surface area contributed by atoms with Crippen LogP contribution >= 0.6 is 0 Å². The van der Waals surface area contributed by atoms with E-state index in [-0.39, 0.29) is 17.8 Å². The molecular weight excluding hydrogens is 504 g/mol. The number of anilines is 3. The van der Waals surface area contributed by atoms with E-state index in [9.17, 15) is 0 Å². The van der Waals surface area contributed by atoms with Crippen molar-refractivity contribution in [3.63, 3.8) is 0 Å². The third-order valence-electron chi connectivity index (χ3n) is 5.33. The van der Waals surface area contributed by atoms with E-state index in [2.05, 4.69) is 56.5 Å². The van der Waals surface area contributed by atoms with Gasteiger partial charge in [0.1, 0.15) is 0 Å². The first-order valence-electron chi connectivity index (χ1n) is 15.1. The Morgan fingerprint density at radius 1 is 0.359 bits per heavy atom. The molecule has 1 aromatic heterocycles. The van der Waals surface area contributed by atoms with Crippen molar-refractivity contribution in [1.29, 1.82) is 0 Å². The van der Waals surface area contributed by atoms with E-state index in [1.165, 1.54) is 15.7 Å². The molecule has 1 aromatic rings. The average Bonchev–Trinajstić information content (AvgIpc) is 2.95. The molecule has 0 fully saturated rings. The minimum atomic E-state index is 0.147. The van der Waals surface area contributed by atoms with Crippen molar-refractivity contribution in [2.45, 2.75) is 119 Å². The molecule has 39 heavy (non-hydrogen) atoms. The number of hydrogen-bond donors (Lipinski definition) is 0. The van der Waals surface area contributed by atoms with Crippen LogP contribution in [0.5, 0.6) is 0 Å². The molecule has 1 rings (SSSR count). The van der Waals surface area contributed by atoms with Crippen LogP contribution in [0.1, 0.15) is 119 Å². The molecule has 0 saturated carbocycles. The highest BCUT2D eigenvalue weighted by Crippen LogP contribution is 2.22. The molecule has 0 amide bonds. The quantitative estimate of drug-likeness (QED) is 0.0849. The number of rotatable bonds is 27. The van der Waals surface area contributed by atoms with Gasteiger partial charge in [0.15, 0.2) is 0 Å². The van der Waals surface area contributed by atoms with Crippen molar-refractivity contribution in [3.05, 3.63) is 0 Å². The van der Waals surface area contributed by atoms with Crippen molar-refractivity contribution in [2.75, 3.05) is 55.3 Å². The Morgan fingerprint density at radius 3 is 0.692 bits per heavy atom. The standard InChI is InChI=1S/C27H54N6O6/c1-7-13-19-34-31(35-20-14-8-2)25-28-26(32(36-21-15-9-3)37-22-16-10-4)30-27(29-25)33(38-23-17-11-5)39-24-18-12-6/h7-24H2,1-6H3. The zero-order valence-electron chi connectivity index (χ0n) is 25.4. The highest BCUT2D eigenvalue weighted by Gasteiger charge is 2.24. The molecule has 0 N–H and O–H groups in total. The fourth-order valence-corrected chi connectivity index (χ4v) is 2.80. The molecule has 0 spiro atoms. The zero-order chi connectivity index (χ0) is 28.6. The van der Waals surface area contributed by atoms with Gasteiger partial charge >= 0.3 is 0 Å². The van der Waals surface area contributed by atoms with Crippen LogP contribution in [-0.2, 0) is 29.0 Å². The first-order valence-corrected chi connectivity index (χ1v) is 15.1. The maximum absolute atomic E-state index is 5.94. The molecule has 12 heteroatoms. The lowest BCUT2D eigenvalue weighted by Gasteiger charge is -2.26. The predicted octanol–water partition coefficient (Wildman–Crippen LogP) is 6.68. The molecule has 228 valence electrons. The molecule has 1 heterocycles. The summed E-state index contributed by atoms with van der Waals surface area (Å²) in [6.07, 6.45) is 11.0. The molecule has 0 saturated heterocycles. The fraction of sp³-hybridized carbons (Fsp3) is 0.889. The molecule has 0 aliphatic carbocycles. The van der Waals surface area contributed by atoms with Gasteiger partial charge in [-0.25, -0.2) is 29.0 Å². The van der Waals surface area contributed by atoms with Crippen molar-refractivity contribution in [3.8, 4) is 0 Å². The Balaban J connectivity index is 3.47. The van der Waals surface area contributed by atoms with E-state index in [0.717, 1.165) is 77.0 Å². The number of hydrogen-bond acceptors (Lipinski definition) is 12. The molecule has 0 atom stereocenters. The predicted molar refractivity (Wildman–Crippen MR) is 152 cm³/mol. The summed E-state index contributed by atoms with van der Waals surface area (Å²) < 4.78 is 0. The molecule has 0 unspecified atom stereocenters. The first-order chi connectivity index (χ1) is 19.1. The Kier molecular flexibility index (Phi) is 21.7. The van der Waals surface area contributed by atoms with Crippen molar-refractivity contribution in [2.24, 2.45) is 0 Å². The highest BCUT2D eigenvalue weighted by atomic mass is 17.0. The Labute approximate surface area is 236 Å². The lowest BCUT2D eigenvalue weighted by Crippen LogP contribution is -2.33. The van der Waals surface area contributed by atoms with Crippen LogP contribution in [0.2, 0.25) is 0 Å². The fourth-order valence-electron chi connectivity index (χ4n) is 2.80. The van der Waals surface area contributed by atoms with Gasteiger partial charge in [0.05, 0.1) is 39.6 Å². The first kappa shape index (κ1) is 35.2. The Hall–Kier alpha value is -1.83. The van der Waals surface area contributed by atoms with Crippen LogP contribution in [0, 0.1) is 0 Å². The van der Waals surface area contributed by atoms with Crippen molar-refractivity contribution < 1.29 is 29.0 Å². The van der Waals surface area contributed by atoms with Crippen molar-refractivity contribution >= 4 is 17.8 Å². The molecule has 0 aliphatic rings. The number of aromatic nitrogens is 3. The normalized spacial score (nSPS) is 11.2. The number of nitrogens with zero attached hydrogens (tertiary/aromatic N) is 6. The number of unbranched alkanes of at least 4 members (excludes halogenated alkanes) is 6. The molecule has 0 bridgehead atoms. The second kappa shape index (κ2) is 24.0. The van der Waals surface area contributed by atoms with Crippen LogP contribution in [0.4, 0.5) is 17.8 Å². The summed E-state index contributed by atoms with van der Waals surface area (Å²) in [6, 6.07) is 0. The van der Waals surface area contributed by atoms with Gasteiger partial charge in [0.25, 0.3) is 17.8 Å². The third kappa shape index (κ3) is 15.5. The van der Waals surface area contributed by atoms with Crippen LogP contribution < -0.4 is 15.7 Å². The van der Waals surface area contributed by atoms with Crippen LogP contribution in [0.15, 0.2) is 0 Å². The van der Waals surface area contributed by atoms with Gasteiger partial charge in [-0.1, -0.05) is 95.7 Å². The second-order valence-corrected chi connectivity index (χ2v) is 9.13. The highest BCUT2D eigenvalue weighted by molar-refractivity contribution is 5.40. The molecule has 0 aliphatic heterocycles. The summed E-state index contributed by atoms with van der Waals surface area (Å²) in [5.41, 5.74) is 0. The van der Waals surface area contributed by atoms with Crippen LogP contribution in [0.25, 0.3) is 0 Å². The summed E-state index contributed by atoms with van der Waals surface area (Å²) >= 11 is 0.